The van der Waals surface area contributed by atoms with Crippen molar-refractivity contribution in [2.75, 3.05) is 6.61 Å². The second-order valence-corrected chi connectivity index (χ2v) is 5.12. The first-order valence-corrected chi connectivity index (χ1v) is 5.64. The van der Waals surface area contributed by atoms with E-state index in [9.17, 15) is 13.2 Å². The van der Waals surface area contributed by atoms with Gasteiger partial charge in [0.2, 0.25) is 0 Å². The van der Waals surface area contributed by atoms with Crippen LogP contribution in [-0.2, 0) is 19.4 Å². The molecule has 6 heteroatoms. The molecular formula is C8H16O5S. The maximum absolute atomic E-state index is 11.3. The van der Waals surface area contributed by atoms with Crippen molar-refractivity contribution in [2.45, 2.75) is 33.6 Å². The van der Waals surface area contributed by atoms with Crippen LogP contribution in [0, 0.1) is 5.41 Å². The van der Waals surface area contributed by atoms with Crippen molar-refractivity contribution >= 4 is 16.2 Å². The van der Waals surface area contributed by atoms with E-state index in [0.717, 1.165) is 0 Å². The Balaban J connectivity index is 3.72. The van der Waals surface area contributed by atoms with Gasteiger partial charge in [0.1, 0.15) is 5.78 Å². The Hall–Kier alpha value is -0.460. The van der Waals surface area contributed by atoms with Crippen molar-refractivity contribution < 1.29 is 21.9 Å². The van der Waals surface area contributed by atoms with Crippen LogP contribution in [0.15, 0.2) is 0 Å². The molecule has 0 heterocycles. The first-order chi connectivity index (χ1) is 6.13. The molecule has 0 aliphatic heterocycles. The van der Waals surface area contributed by atoms with E-state index in [4.69, 9.17) is 4.55 Å². The van der Waals surface area contributed by atoms with E-state index in [1.807, 2.05) is 0 Å². The van der Waals surface area contributed by atoms with Crippen LogP contribution >= 0.6 is 0 Å². The molecule has 84 valence electrons. The molecule has 0 saturated carbocycles. The van der Waals surface area contributed by atoms with Crippen LogP contribution in [0.2, 0.25) is 0 Å². The third-order valence-corrected chi connectivity index (χ3v) is 2.08. The standard InChI is InChI=1S/C8H16O5S/c1-8(2,3)7(9)5-4-6-13-14(10,11)12/h4-6H2,1-3H3,(H,10,11,12). The lowest BCUT2D eigenvalue weighted by atomic mass is 9.88. The van der Waals surface area contributed by atoms with Gasteiger partial charge in [-0.2, -0.15) is 8.42 Å². The van der Waals surface area contributed by atoms with Crippen molar-refractivity contribution in [3.05, 3.63) is 0 Å². The lowest BCUT2D eigenvalue weighted by molar-refractivity contribution is -0.126. The van der Waals surface area contributed by atoms with Gasteiger partial charge in [-0.25, -0.2) is 4.18 Å². The van der Waals surface area contributed by atoms with Gasteiger partial charge in [0.25, 0.3) is 0 Å². The van der Waals surface area contributed by atoms with Crippen molar-refractivity contribution in [1.82, 2.24) is 0 Å². The first-order valence-electron chi connectivity index (χ1n) is 4.28. The highest BCUT2D eigenvalue weighted by molar-refractivity contribution is 7.80. The van der Waals surface area contributed by atoms with Crippen molar-refractivity contribution in [3.8, 4) is 0 Å². The predicted octanol–water partition coefficient (Wildman–Crippen LogP) is 1.20. The average Bonchev–Trinajstić information content (AvgIpc) is 1.93. The summed E-state index contributed by atoms with van der Waals surface area (Å²) < 4.78 is 32.5. The fourth-order valence-corrected chi connectivity index (χ4v) is 1.10. The molecule has 0 unspecified atom stereocenters. The maximum atomic E-state index is 11.3. The molecule has 0 aromatic heterocycles. The Labute approximate surface area is 84.4 Å². The molecule has 0 fully saturated rings. The van der Waals surface area contributed by atoms with Crippen LogP contribution in [0.3, 0.4) is 0 Å². The number of carbonyl (C=O) groups is 1. The number of hydrogen-bond acceptors (Lipinski definition) is 4. The number of ketones is 1. The second kappa shape index (κ2) is 4.86. The minimum Gasteiger partial charge on any atom is -0.299 e. The fourth-order valence-electron chi connectivity index (χ4n) is 0.772. The molecule has 0 aliphatic carbocycles. The summed E-state index contributed by atoms with van der Waals surface area (Å²) in [6.45, 7) is 5.21. The summed E-state index contributed by atoms with van der Waals surface area (Å²) in [6, 6.07) is 0. The Kier molecular flexibility index (Phi) is 4.70. The topological polar surface area (TPSA) is 80.7 Å². The van der Waals surface area contributed by atoms with Crippen molar-refractivity contribution in [3.63, 3.8) is 0 Å². The number of carbonyl (C=O) groups excluding carboxylic acids is 1. The molecule has 1 N–H and O–H groups in total. The summed E-state index contributed by atoms with van der Waals surface area (Å²) in [7, 11) is -4.37. The predicted molar refractivity (Wildman–Crippen MR) is 51.2 cm³/mol. The zero-order valence-electron chi connectivity index (χ0n) is 8.61. The smallest absolute Gasteiger partial charge is 0.299 e. The van der Waals surface area contributed by atoms with E-state index in [2.05, 4.69) is 4.18 Å². The van der Waals surface area contributed by atoms with Crippen molar-refractivity contribution in [1.29, 1.82) is 0 Å². The Morgan fingerprint density at radius 1 is 1.36 bits per heavy atom. The Morgan fingerprint density at radius 2 is 1.86 bits per heavy atom. The molecule has 5 nitrogen and oxygen atoms in total. The summed E-state index contributed by atoms with van der Waals surface area (Å²) in [5, 5.41) is 0. The fraction of sp³-hybridized carbons (Fsp3) is 0.875. The van der Waals surface area contributed by atoms with E-state index >= 15 is 0 Å². The van der Waals surface area contributed by atoms with E-state index in [1.54, 1.807) is 20.8 Å². The van der Waals surface area contributed by atoms with Gasteiger partial charge in [0.15, 0.2) is 0 Å². The molecule has 0 aromatic carbocycles. The second-order valence-electron chi connectivity index (χ2n) is 4.03. The summed E-state index contributed by atoms with van der Waals surface area (Å²) in [5.41, 5.74) is -0.419. The normalized spacial score (nSPS) is 12.9. The molecule has 0 rings (SSSR count). The lowest BCUT2D eigenvalue weighted by Gasteiger charge is -2.15. The third kappa shape index (κ3) is 6.99. The largest absolute Gasteiger partial charge is 0.397 e. The summed E-state index contributed by atoms with van der Waals surface area (Å²) >= 11 is 0. The molecule has 0 aromatic rings. The van der Waals surface area contributed by atoms with Gasteiger partial charge >= 0.3 is 10.4 Å². The highest BCUT2D eigenvalue weighted by Crippen LogP contribution is 2.17. The number of Topliss-reactive ketones (excluding diaryl/α,β-unsaturated/α-hetero) is 1. The minimum atomic E-state index is -4.37. The number of hydrogen-bond donors (Lipinski definition) is 1. The van der Waals surface area contributed by atoms with Crippen LogP contribution < -0.4 is 0 Å². The van der Waals surface area contributed by atoms with Crippen LogP contribution in [-0.4, -0.2) is 25.4 Å². The quantitative estimate of drug-likeness (QED) is 0.560. The van der Waals surface area contributed by atoms with Gasteiger partial charge < -0.3 is 0 Å². The Bertz CT molecular complexity index is 285. The van der Waals surface area contributed by atoms with E-state index in [0.29, 0.717) is 0 Å². The molecule has 0 bridgehead atoms. The maximum Gasteiger partial charge on any atom is 0.397 e. The first kappa shape index (κ1) is 13.5. The molecule has 0 atom stereocenters. The Morgan fingerprint density at radius 3 is 2.21 bits per heavy atom. The molecule has 0 amide bonds. The van der Waals surface area contributed by atoms with Gasteiger partial charge in [-0.1, -0.05) is 20.8 Å². The van der Waals surface area contributed by atoms with Crippen LogP contribution in [0.5, 0.6) is 0 Å². The van der Waals surface area contributed by atoms with E-state index in [1.165, 1.54) is 0 Å². The van der Waals surface area contributed by atoms with Gasteiger partial charge in [-0.05, 0) is 6.42 Å². The lowest BCUT2D eigenvalue weighted by Crippen LogP contribution is -2.20. The van der Waals surface area contributed by atoms with Crippen LogP contribution in [0.25, 0.3) is 0 Å². The van der Waals surface area contributed by atoms with Crippen molar-refractivity contribution in [2.24, 2.45) is 5.41 Å². The third-order valence-electron chi connectivity index (χ3n) is 1.62. The average molecular weight is 224 g/mol. The van der Waals surface area contributed by atoms with Gasteiger partial charge in [0.05, 0.1) is 6.61 Å². The zero-order valence-corrected chi connectivity index (χ0v) is 9.43. The molecular weight excluding hydrogens is 208 g/mol. The van der Waals surface area contributed by atoms with Gasteiger partial charge in [0, 0.05) is 11.8 Å². The zero-order chi connectivity index (χ0) is 11.4. The molecule has 0 spiro atoms. The summed E-state index contributed by atoms with van der Waals surface area (Å²) in [6.07, 6.45) is 0.537. The summed E-state index contributed by atoms with van der Waals surface area (Å²) in [5.74, 6) is 0.0384. The highest BCUT2D eigenvalue weighted by Gasteiger charge is 2.20. The highest BCUT2D eigenvalue weighted by atomic mass is 32.3. The van der Waals surface area contributed by atoms with Gasteiger partial charge in [-0.15, -0.1) is 0 Å². The van der Waals surface area contributed by atoms with Crippen LogP contribution in [0.1, 0.15) is 33.6 Å². The van der Waals surface area contributed by atoms with Gasteiger partial charge in [-0.3, -0.25) is 9.35 Å². The summed E-state index contributed by atoms with van der Waals surface area (Å²) in [4.78, 5) is 11.3. The molecule has 0 radical (unpaired) electrons. The molecule has 14 heavy (non-hydrogen) atoms. The minimum absolute atomic E-state index is 0.0384. The molecule has 0 saturated heterocycles. The van der Waals surface area contributed by atoms with Crippen LogP contribution in [0.4, 0.5) is 0 Å². The van der Waals surface area contributed by atoms with E-state index < -0.39 is 15.8 Å². The monoisotopic (exact) mass is 224 g/mol. The van der Waals surface area contributed by atoms with E-state index in [-0.39, 0.29) is 25.2 Å². The number of rotatable bonds is 5. The SMILES string of the molecule is CC(C)(C)C(=O)CCCOS(=O)(=O)O. The molecule has 0 aliphatic rings.